The third-order valence-corrected chi connectivity index (χ3v) is 7.31. The lowest BCUT2D eigenvalue weighted by Crippen LogP contribution is -2.36. The van der Waals surface area contributed by atoms with E-state index >= 15 is 0 Å². The van der Waals surface area contributed by atoms with E-state index in [4.69, 9.17) is 19.7 Å². The van der Waals surface area contributed by atoms with Gasteiger partial charge in [0.25, 0.3) is 5.91 Å². The average molecular weight is 538 g/mol. The van der Waals surface area contributed by atoms with E-state index in [9.17, 15) is 9.59 Å². The summed E-state index contributed by atoms with van der Waals surface area (Å²) in [5.41, 5.74) is 2.83. The van der Waals surface area contributed by atoms with Gasteiger partial charge in [0, 0.05) is 12.1 Å². The Morgan fingerprint density at radius 2 is 1.69 bits per heavy atom. The largest absolute Gasteiger partial charge is 0.503 e. The molecule has 4 rings (SSSR count). The molecule has 1 aliphatic heterocycles. The molecule has 210 valence electrons. The lowest BCUT2D eigenvalue weighted by Gasteiger charge is -2.26. The minimum absolute atomic E-state index is 0.0247. The van der Waals surface area contributed by atoms with Gasteiger partial charge in [0.2, 0.25) is 11.8 Å². The van der Waals surface area contributed by atoms with Crippen molar-refractivity contribution >= 4 is 23.9 Å². The first-order chi connectivity index (χ1) is 18.8. The van der Waals surface area contributed by atoms with Gasteiger partial charge in [0.15, 0.2) is 6.61 Å². The second-order valence-corrected chi connectivity index (χ2v) is 10.1. The van der Waals surface area contributed by atoms with Gasteiger partial charge in [0.1, 0.15) is 0 Å². The number of nitrogens with zero attached hydrogens (tertiary/aromatic N) is 2. The third-order valence-electron chi connectivity index (χ3n) is 7.31. The topological polar surface area (TPSA) is 129 Å². The Bertz CT molecular complexity index is 1110. The highest BCUT2D eigenvalue weighted by atomic mass is 16.6. The lowest BCUT2D eigenvalue weighted by molar-refractivity contribution is -0.136. The number of amides is 2. The van der Waals surface area contributed by atoms with Crippen molar-refractivity contribution in [3.8, 4) is 0 Å². The summed E-state index contributed by atoms with van der Waals surface area (Å²) >= 11 is 0. The maximum atomic E-state index is 13.2. The van der Waals surface area contributed by atoms with Crippen LogP contribution in [0.2, 0.25) is 0 Å². The lowest BCUT2D eigenvalue weighted by atomic mass is 9.84. The zero-order valence-electron chi connectivity index (χ0n) is 22.7. The summed E-state index contributed by atoms with van der Waals surface area (Å²) in [7, 11) is 0. The highest BCUT2D eigenvalue weighted by molar-refractivity contribution is 5.97. The fourth-order valence-corrected chi connectivity index (χ4v) is 4.97. The zero-order chi connectivity index (χ0) is 28.2. The van der Waals surface area contributed by atoms with Crippen LogP contribution >= 0.6 is 0 Å². The van der Waals surface area contributed by atoms with Gasteiger partial charge in [-0.25, -0.2) is 9.80 Å². The molecule has 0 saturated heterocycles. The normalized spacial score (nSPS) is 17.1. The molecule has 0 bridgehead atoms. The van der Waals surface area contributed by atoms with Crippen molar-refractivity contribution in [3.05, 3.63) is 71.3 Å². The van der Waals surface area contributed by atoms with Crippen LogP contribution in [0.5, 0.6) is 0 Å². The molecule has 0 aromatic heterocycles. The van der Waals surface area contributed by atoms with Gasteiger partial charge in [-0.05, 0) is 47.9 Å². The molecule has 9 heteroatoms. The van der Waals surface area contributed by atoms with Crippen LogP contribution in [-0.4, -0.2) is 52.2 Å². The number of carboxylic acid groups (broad SMARTS) is 2. The van der Waals surface area contributed by atoms with Gasteiger partial charge in [-0.2, -0.15) is 0 Å². The van der Waals surface area contributed by atoms with Crippen molar-refractivity contribution in [1.82, 2.24) is 10.3 Å². The molecule has 1 heterocycles. The first kappa shape index (κ1) is 29.7. The zero-order valence-corrected chi connectivity index (χ0v) is 22.7. The van der Waals surface area contributed by atoms with Crippen molar-refractivity contribution in [2.24, 2.45) is 16.9 Å². The van der Waals surface area contributed by atoms with E-state index < -0.39 is 6.16 Å². The van der Waals surface area contributed by atoms with Gasteiger partial charge >= 0.3 is 6.16 Å². The van der Waals surface area contributed by atoms with Crippen LogP contribution in [0.3, 0.4) is 0 Å². The van der Waals surface area contributed by atoms with Crippen molar-refractivity contribution in [2.75, 3.05) is 13.2 Å². The fraction of sp³-hybridized carbons (Fsp3) is 0.467. The van der Waals surface area contributed by atoms with Crippen molar-refractivity contribution in [2.45, 2.75) is 64.8 Å². The average Bonchev–Trinajstić information content (AvgIpc) is 2.94. The molecule has 0 radical (unpaired) electrons. The smallest absolute Gasteiger partial charge is 0.466 e. The Balaban J connectivity index is 0.000000983. The molecule has 3 N–H and O–H groups in total. The Morgan fingerprint density at radius 1 is 1.05 bits per heavy atom. The van der Waals surface area contributed by atoms with Crippen molar-refractivity contribution in [1.29, 1.82) is 0 Å². The minimum atomic E-state index is -1.83. The van der Waals surface area contributed by atoms with E-state index in [1.54, 1.807) is 0 Å². The first-order valence-corrected chi connectivity index (χ1v) is 13.6. The molecular weight excluding hydrogens is 498 g/mol. The number of hydrogen-bond acceptors (Lipinski definition) is 5. The van der Waals surface area contributed by atoms with Crippen LogP contribution in [0, 0.1) is 11.8 Å². The summed E-state index contributed by atoms with van der Waals surface area (Å²) < 4.78 is 5.54. The summed E-state index contributed by atoms with van der Waals surface area (Å²) in [6.45, 7) is 5.40. The van der Waals surface area contributed by atoms with Crippen LogP contribution < -0.4 is 5.32 Å². The van der Waals surface area contributed by atoms with Gasteiger partial charge < -0.3 is 20.3 Å². The van der Waals surface area contributed by atoms with E-state index in [0.717, 1.165) is 29.7 Å². The summed E-state index contributed by atoms with van der Waals surface area (Å²) in [4.78, 5) is 34.2. The minimum Gasteiger partial charge on any atom is -0.466 e. The Kier molecular flexibility index (Phi) is 11.3. The fourth-order valence-electron chi connectivity index (χ4n) is 4.97. The molecule has 2 aromatic rings. The molecule has 2 amide bonds. The van der Waals surface area contributed by atoms with Gasteiger partial charge in [0.05, 0.1) is 12.5 Å². The number of benzene rings is 2. The number of ether oxygens (including phenoxy) is 1. The van der Waals surface area contributed by atoms with E-state index in [1.807, 2.05) is 54.6 Å². The molecule has 2 aromatic carbocycles. The SMILES string of the molecule is CCC(C)C(C(=O)NCC1CCCCC1)c1ccc(CN2N=C(c3ccccc3)OCC2=O)cc1.O=C(O)O. The van der Waals surface area contributed by atoms with E-state index in [1.165, 1.54) is 37.1 Å². The second-order valence-electron chi connectivity index (χ2n) is 10.1. The number of hydrazone groups is 1. The molecular formula is C30H39N3O6. The van der Waals surface area contributed by atoms with Crippen LogP contribution in [0.4, 0.5) is 4.79 Å². The van der Waals surface area contributed by atoms with Crippen LogP contribution in [0.15, 0.2) is 59.7 Å². The third kappa shape index (κ3) is 9.12. The predicted molar refractivity (Wildman–Crippen MR) is 148 cm³/mol. The number of hydrogen-bond donors (Lipinski definition) is 3. The summed E-state index contributed by atoms with van der Waals surface area (Å²) in [6.07, 6.45) is 5.41. The Morgan fingerprint density at radius 3 is 2.31 bits per heavy atom. The quantitative estimate of drug-likeness (QED) is 0.390. The standard InChI is InChI=1S/C29H37N3O3.CH2O3/c1-3-21(2)27(28(34)30-18-22-10-6-4-7-11-22)24-16-14-23(15-17-24)19-32-26(33)20-35-29(31-32)25-12-8-5-9-13-25;2-1(3)4/h5,8-9,12-17,21-22,27H,3-4,6-7,10-11,18-20H2,1-2H3,(H,30,34);(H2,2,3,4). The molecule has 2 atom stereocenters. The molecule has 2 aliphatic rings. The highest BCUT2D eigenvalue weighted by Gasteiger charge is 2.27. The molecule has 39 heavy (non-hydrogen) atoms. The number of carbonyl (C=O) groups excluding carboxylic acids is 2. The highest BCUT2D eigenvalue weighted by Crippen LogP contribution is 2.29. The number of nitrogens with one attached hydrogen (secondary N) is 1. The van der Waals surface area contributed by atoms with E-state index in [0.29, 0.717) is 18.4 Å². The number of carbonyl (C=O) groups is 3. The Hall–Kier alpha value is -3.88. The molecule has 2 unspecified atom stereocenters. The molecule has 1 saturated carbocycles. The van der Waals surface area contributed by atoms with Crippen molar-refractivity contribution in [3.63, 3.8) is 0 Å². The molecule has 1 fully saturated rings. The van der Waals surface area contributed by atoms with Gasteiger partial charge in [-0.3, -0.25) is 9.59 Å². The van der Waals surface area contributed by atoms with Crippen LogP contribution in [0.25, 0.3) is 0 Å². The van der Waals surface area contributed by atoms with Gasteiger partial charge in [-0.1, -0.05) is 82.0 Å². The predicted octanol–water partition coefficient (Wildman–Crippen LogP) is 5.46. The molecule has 1 aliphatic carbocycles. The summed E-state index contributed by atoms with van der Waals surface area (Å²) in [6, 6.07) is 17.6. The molecule has 0 spiro atoms. The first-order valence-electron chi connectivity index (χ1n) is 13.6. The Labute approximate surface area is 229 Å². The van der Waals surface area contributed by atoms with E-state index in [2.05, 4.69) is 24.3 Å². The van der Waals surface area contributed by atoms with E-state index in [-0.39, 0.29) is 30.3 Å². The van der Waals surface area contributed by atoms with Crippen LogP contribution in [-0.2, 0) is 20.9 Å². The van der Waals surface area contributed by atoms with Gasteiger partial charge in [-0.15, -0.1) is 5.10 Å². The summed E-state index contributed by atoms with van der Waals surface area (Å²) in [5.74, 6) is 1.08. The van der Waals surface area contributed by atoms with Crippen LogP contribution in [0.1, 0.15) is 75.0 Å². The van der Waals surface area contributed by atoms with Crippen molar-refractivity contribution < 1.29 is 29.3 Å². The maximum Gasteiger partial charge on any atom is 0.503 e. The maximum absolute atomic E-state index is 13.2. The second kappa shape index (κ2) is 14.9. The monoisotopic (exact) mass is 537 g/mol. The summed E-state index contributed by atoms with van der Waals surface area (Å²) in [5, 5.41) is 23.1. The molecule has 9 nitrogen and oxygen atoms in total. The number of rotatable bonds is 9.